The van der Waals surface area contributed by atoms with Gasteiger partial charge in [0.1, 0.15) is 6.61 Å². The minimum Gasteiger partial charge on any atom is -0.476 e. The number of aromatic nitrogens is 2. The van der Waals surface area contributed by atoms with Gasteiger partial charge in [-0.05, 0) is 32.9 Å². The number of hydrogen-bond acceptors (Lipinski definition) is 4. The summed E-state index contributed by atoms with van der Waals surface area (Å²) in [5, 5.41) is 7.25. The number of likely N-dealkylation sites (tertiary alicyclic amines) is 1. The van der Waals surface area contributed by atoms with Crippen LogP contribution >= 0.6 is 0 Å². The van der Waals surface area contributed by atoms with Gasteiger partial charge in [0.2, 0.25) is 5.88 Å². The second-order valence-corrected chi connectivity index (χ2v) is 5.16. The number of carbonyl (C=O) groups excluding carboxylic acids is 1. The first-order chi connectivity index (χ1) is 9.25. The number of amides is 1. The second kappa shape index (κ2) is 5.21. The lowest BCUT2D eigenvalue weighted by atomic mass is 10.2. The molecule has 1 aromatic rings. The van der Waals surface area contributed by atoms with Gasteiger partial charge in [0.15, 0.2) is 5.69 Å². The third-order valence-electron chi connectivity index (χ3n) is 3.80. The molecule has 0 atom stereocenters. The molecular weight excluding hydrogens is 244 g/mol. The molecular formula is C13H20N4O2. The summed E-state index contributed by atoms with van der Waals surface area (Å²) in [5.74, 6) is 0.645. The lowest BCUT2D eigenvalue weighted by molar-refractivity contribution is 0.0943. The molecule has 1 fully saturated rings. The van der Waals surface area contributed by atoms with Crippen molar-refractivity contribution in [2.24, 2.45) is 0 Å². The van der Waals surface area contributed by atoms with E-state index in [9.17, 15) is 4.79 Å². The van der Waals surface area contributed by atoms with Gasteiger partial charge in [-0.25, -0.2) is 4.68 Å². The quantitative estimate of drug-likeness (QED) is 0.855. The molecule has 3 rings (SSSR count). The molecule has 0 unspecified atom stereocenters. The van der Waals surface area contributed by atoms with Crippen molar-refractivity contribution >= 4 is 5.91 Å². The number of nitrogens with zero attached hydrogens (tertiary/aromatic N) is 3. The van der Waals surface area contributed by atoms with E-state index in [0.717, 1.165) is 37.6 Å². The second-order valence-electron chi connectivity index (χ2n) is 5.16. The Morgan fingerprint density at radius 3 is 2.89 bits per heavy atom. The molecule has 1 aromatic heterocycles. The summed E-state index contributed by atoms with van der Waals surface area (Å²) in [4.78, 5) is 14.5. The molecule has 0 radical (unpaired) electrons. The topological polar surface area (TPSA) is 59.4 Å². The Kier molecular flexibility index (Phi) is 3.42. The standard InChI is InChI=1S/C13H20N4O2/c1-10-11(15-17-8-9-19-13(10)17)12(18)14-4-7-16-5-2-3-6-16/h2-9H2,1H3,(H,14,18). The molecule has 1 N–H and O–H groups in total. The number of ether oxygens (including phenoxy) is 1. The molecule has 6 nitrogen and oxygen atoms in total. The number of rotatable bonds is 4. The highest BCUT2D eigenvalue weighted by Crippen LogP contribution is 2.25. The maximum atomic E-state index is 12.1. The van der Waals surface area contributed by atoms with Crippen molar-refractivity contribution in [3.8, 4) is 5.88 Å². The summed E-state index contributed by atoms with van der Waals surface area (Å²) < 4.78 is 7.23. The van der Waals surface area contributed by atoms with Crippen LogP contribution in [0.5, 0.6) is 5.88 Å². The summed E-state index contributed by atoms with van der Waals surface area (Å²) in [7, 11) is 0. The van der Waals surface area contributed by atoms with Gasteiger partial charge in [0.25, 0.3) is 5.91 Å². The van der Waals surface area contributed by atoms with Crippen LogP contribution in [0.25, 0.3) is 0 Å². The van der Waals surface area contributed by atoms with Crippen molar-refractivity contribution in [2.75, 3.05) is 32.8 Å². The molecule has 19 heavy (non-hydrogen) atoms. The van der Waals surface area contributed by atoms with Crippen molar-refractivity contribution in [1.82, 2.24) is 20.0 Å². The first-order valence-corrected chi connectivity index (χ1v) is 6.96. The largest absolute Gasteiger partial charge is 0.476 e. The molecule has 0 saturated carbocycles. The Morgan fingerprint density at radius 1 is 1.37 bits per heavy atom. The van der Waals surface area contributed by atoms with Crippen LogP contribution in [-0.4, -0.2) is 53.4 Å². The maximum Gasteiger partial charge on any atom is 0.272 e. The van der Waals surface area contributed by atoms with Gasteiger partial charge < -0.3 is 15.0 Å². The monoisotopic (exact) mass is 264 g/mol. The van der Waals surface area contributed by atoms with Gasteiger partial charge in [0, 0.05) is 18.7 Å². The van der Waals surface area contributed by atoms with Gasteiger partial charge in [0.05, 0.1) is 6.54 Å². The normalized spacial score (nSPS) is 18.4. The minimum absolute atomic E-state index is 0.0952. The molecule has 0 aromatic carbocycles. The Hall–Kier alpha value is -1.56. The van der Waals surface area contributed by atoms with Crippen LogP contribution in [0.4, 0.5) is 0 Å². The number of hydrogen-bond donors (Lipinski definition) is 1. The third kappa shape index (κ3) is 2.45. The zero-order chi connectivity index (χ0) is 13.2. The van der Waals surface area contributed by atoms with Crippen LogP contribution in [-0.2, 0) is 6.54 Å². The molecule has 2 aliphatic heterocycles. The van der Waals surface area contributed by atoms with Crippen LogP contribution in [0.1, 0.15) is 28.9 Å². The van der Waals surface area contributed by atoms with Crippen LogP contribution in [0.3, 0.4) is 0 Å². The zero-order valence-electron chi connectivity index (χ0n) is 11.3. The molecule has 1 saturated heterocycles. The molecule has 1 amide bonds. The highest BCUT2D eigenvalue weighted by molar-refractivity contribution is 5.94. The predicted molar refractivity (Wildman–Crippen MR) is 70.5 cm³/mol. The molecule has 0 spiro atoms. The van der Waals surface area contributed by atoms with Crippen LogP contribution in [0.2, 0.25) is 0 Å². The zero-order valence-corrected chi connectivity index (χ0v) is 11.3. The maximum absolute atomic E-state index is 12.1. The van der Waals surface area contributed by atoms with E-state index in [4.69, 9.17) is 4.74 Å². The van der Waals surface area contributed by atoms with Crippen molar-refractivity contribution in [2.45, 2.75) is 26.3 Å². The van der Waals surface area contributed by atoms with Gasteiger partial charge in [-0.15, -0.1) is 0 Å². The average molecular weight is 264 g/mol. The SMILES string of the molecule is Cc1c(C(=O)NCCN2CCCC2)nn2c1OCC2. The van der Waals surface area contributed by atoms with Gasteiger partial charge >= 0.3 is 0 Å². The molecule has 0 aliphatic carbocycles. The predicted octanol–water partition coefficient (Wildman–Crippen LogP) is 0.410. The highest BCUT2D eigenvalue weighted by Gasteiger charge is 2.24. The van der Waals surface area contributed by atoms with E-state index < -0.39 is 0 Å². The fourth-order valence-electron chi connectivity index (χ4n) is 2.73. The Balaban J connectivity index is 1.55. The Morgan fingerprint density at radius 2 is 2.16 bits per heavy atom. The fourth-order valence-corrected chi connectivity index (χ4v) is 2.73. The van der Waals surface area contributed by atoms with E-state index in [0.29, 0.717) is 18.8 Å². The van der Waals surface area contributed by atoms with Crippen molar-refractivity contribution in [3.05, 3.63) is 11.3 Å². The molecule has 6 heteroatoms. The summed E-state index contributed by atoms with van der Waals surface area (Å²) in [6, 6.07) is 0. The fraction of sp³-hybridized carbons (Fsp3) is 0.692. The van der Waals surface area contributed by atoms with E-state index in [2.05, 4.69) is 15.3 Å². The van der Waals surface area contributed by atoms with Crippen molar-refractivity contribution in [3.63, 3.8) is 0 Å². The third-order valence-corrected chi connectivity index (χ3v) is 3.80. The first-order valence-electron chi connectivity index (χ1n) is 6.96. The lowest BCUT2D eigenvalue weighted by Crippen LogP contribution is -2.34. The summed E-state index contributed by atoms with van der Waals surface area (Å²) >= 11 is 0. The van der Waals surface area contributed by atoms with E-state index >= 15 is 0 Å². The average Bonchev–Trinajstić information content (AvgIpc) is 3.09. The number of fused-ring (bicyclic) bond motifs is 1. The van der Waals surface area contributed by atoms with E-state index in [1.165, 1.54) is 12.8 Å². The summed E-state index contributed by atoms with van der Waals surface area (Å²) in [6.07, 6.45) is 2.55. The van der Waals surface area contributed by atoms with Crippen molar-refractivity contribution < 1.29 is 9.53 Å². The van der Waals surface area contributed by atoms with E-state index in [1.54, 1.807) is 4.68 Å². The van der Waals surface area contributed by atoms with E-state index in [-0.39, 0.29) is 5.91 Å². The molecule has 104 valence electrons. The van der Waals surface area contributed by atoms with Crippen LogP contribution in [0, 0.1) is 6.92 Å². The summed E-state index contributed by atoms with van der Waals surface area (Å²) in [5.41, 5.74) is 1.34. The highest BCUT2D eigenvalue weighted by atomic mass is 16.5. The molecule has 0 bridgehead atoms. The summed E-state index contributed by atoms with van der Waals surface area (Å²) in [6.45, 7) is 7.19. The van der Waals surface area contributed by atoms with Gasteiger partial charge in [-0.3, -0.25) is 4.79 Å². The lowest BCUT2D eigenvalue weighted by Gasteiger charge is -2.14. The van der Waals surface area contributed by atoms with E-state index in [1.807, 2.05) is 6.92 Å². The first kappa shape index (κ1) is 12.5. The van der Waals surface area contributed by atoms with Crippen molar-refractivity contribution in [1.29, 1.82) is 0 Å². The van der Waals surface area contributed by atoms with Gasteiger partial charge in [-0.2, -0.15) is 5.10 Å². The number of nitrogens with one attached hydrogen (secondary N) is 1. The van der Waals surface area contributed by atoms with Gasteiger partial charge in [-0.1, -0.05) is 0 Å². The smallest absolute Gasteiger partial charge is 0.272 e. The van der Waals surface area contributed by atoms with Crippen LogP contribution in [0.15, 0.2) is 0 Å². The Labute approximate surface area is 112 Å². The minimum atomic E-state index is -0.0952. The van der Waals surface area contributed by atoms with Crippen LogP contribution < -0.4 is 10.1 Å². The Bertz CT molecular complexity index is 477. The number of carbonyl (C=O) groups is 1. The molecule has 3 heterocycles. The molecule has 2 aliphatic rings.